The second-order valence-corrected chi connectivity index (χ2v) is 6.26. The van der Waals surface area contributed by atoms with Crippen LogP contribution in [-0.2, 0) is 19.2 Å². The van der Waals surface area contributed by atoms with E-state index in [1.165, 1.54) is 18.6 Å². The molecule has 1 aromatic carbocycles. The van der Waals surface area contributed by atoms with Crippen LogP contribution in [0.4, 0.5) is 4.39 Å². The van der Waals surface area contributed by atoms with E-state index in [9.17, 15) is 14.0 Å². The van der Waals surface area contributed by atoms with E-state index in [-0.39, 0.29) is 30.5 Å². The van der Waals surface area contributed by atoms with E-state index >= 15 is 0 Å². The first-order valence-electron chi connectivity index (χ1n) is 8.31. The zero-order chi connectivity index (χ0) is 16.9. The Morgan fingerprint density at radius 3 is 2.79 bits per heavy atom. The van der Waals surface area contributed by atoms with Gasteiger partial charge in [0.05, 0.1) is 5.71 Å². The molecule has 24 heavy (non-hydrogen) atoms. The average Bonchev–Trinajstić information content (AvgIpc) is 3.10. The highest BCUT2D eigenvalue weighted by Gasteiger charge is 2.31. The number of Topliss-reactive ketones (excluding diaryl/α,β-unsaturated/α-hetero) is 1. The fraction of sp³-hybridized carbons (Fsp3) is 0.500. The summed E-state index contributed by atoms with van der Waals surface area (Å²) >= 11 is 0. The molecule has 1 aliphatic carbocycles. The molecule has 1 heterocycles. The molecule has 1 fully saturated rings. The largest absolute Gasteiger partial charge is 0.455 e. The van der Waals surface area contributed by atoms with E-state index in [0.717, 1.165) is 25.7 Å². The SMILES string of the molecule is O=C(COC(=O)C1CC(c2cccc(F)c2)=NO1)C1CCCCC1. The smallest absolute Gasteiger partial charge is 0.351 e. The quantitative estimate of drug-likeness (QED) is 0.777. The molecule has 1 saturated carbocycles. The lowest BCUT2D eigenvalue weighted by atomic mass is 9.86. The van der Waals surface area contributed by atoms with Crippen LogP contribution in [0.15, 0.2) is 29.4 Å². The Bertz CT molecular complexity index is 652. The van der Waals surface area contributed by atoms with Gasteiger partial charge in [0.25, 0.3) is 0 Å². The lowest BCUT2D eigenvalue weighted by molar-refractivity contribution is -0.159. The van der Waals surface area contributed by atoms with Crippen molar-refractivity contribution in [1.29, 1.82) is 0 Å². The third-order valence-electron chi connectivity index (χ3n) is 4.51. The summed E-state index contributed by atoms with van der Waals surface area (Å²) in [7, 11) is 0. The summed E-state index contributed by atoms with van der Waals surface area (Å²) in [6.45, 7) is -0.210. The van der Waals surface area contributed by atoms with Gasteiger partial charge in [0.15, 0.2) is 5.78 Å². The number of carbonyl (C=O) groups is 2. The molecule has 5 nitrogen and oxygen atoms in total. The standard InChI is InChI=1S/C18H20FNO4/c19-14-8-4-7-13(9-14)15-10-17(24-20-15)18(22)23-11-16(21)12-5-2-1-3-6-12/h4,7-9,12,17H,1-3,5-6,10-11H2. The molecular formula is C18H20FNO4. The van der Waals surface area contributed by atoms with E-state index in [1.807, 2.05) is 0 Å². The van der Waals surface area contributed by atoms with Crippen LogP contribution in [0.25, 0.3) is 0 Å². The van der Waals surface area contributed by atoms with Crippen molar-refractivity contribution >= 4 is 17.5 Å². The minimum Gasteiger partial charge on any atom is -0.455 e. The topological polar surface area (TPSA) is 65.0 Å². The molecule has 0 aromatic heterocycles. The summed E-state index contributed by atoms with van der Waals surface area (Å²) in [6, 6.07) is 5.94. The molecule has 128 valence electrons. The third-order valence-corrected chi connectivity index (χ3v) is 4.51. The van der Waals surface area contributed by atoms with Crippen LogP contribution in [0.2, 0.25) is 0 Å². The second-order valence-electron chi connectivity index (χ2n) is 6.26. The molecule has 1 aliphatic heterocycles. The molecule has 1 aromatic rings. The van der Waals surface area contributed by atoms with Gasteiger partial charge >= 0.3 is 5.97 Å². The van der Waals surface area contributed by atoms with Gasteiger partial charge < -0.3 is 9.57 Å². The fourth-order valence-corrected chi connectivity index (χ4v) is 3.12. The molecule has 0 amide bonds. The number of nitrogens with zero attached hydrogens (tertiary/aromatic N) is 1. The maximum atomic E-state index is 13.2. The molecular weight excluding hydrogens is 313 g/mol. The first kappa shape index (κ1) is 16.6. The molecule has 0 bridgehead atoms. The number of halogens is 1. The van der Waals surface area contributed by atoms with Crippen molar-refractivity contribution in [2.45, 2.75) is 44.6 Å². The Morgan fingerprint density at radius 1 is 1.25 bits per heavy atom. The van der Waals surface area contributed by atoms with Gasteiger partial charge in [0.2, 0.25) is 6.10 Å². The minimum absolute atomic E-state index is 0.00940. The Hall–Kier alpha value is -2.24. The molecule has 3 rings (SSSR count). The zero-order valence-electron chi connectivity index (χ0n) is 13.4. The number of hydrogen-bond donors (Lipinski definition) is 0. The molecule has 0 saturated heterocycles. The highest BCUT2D eigenvalue weighted by atomic mass is 19.1. The van der Waals surface area contributed by atoms with Crippen molar-refractivity contribution in [2.24, 2.45) is 11.1 Å². The van der Waals surface area contributed by atoms with E-state index in [2.05, 4.69) is 5.16 Å². The number of oxime groups is 1. The number of ketones is 1. The van der Waals surface area contributed by atoms with Gasteiger partial charge in [-0.15, -0.1) is 0 Å². The summed E-state index contributed by atoms with van der Waals surface area (Å²) in [5.74, 6) is -0.990. The number of hydrogen-bond acceptors (Lipinski definition) is 5. The molecule has 1 unspecified atom stereocenters. The van der Waals surface area contributed by atoms with Crippen LogP contribution in [-0.4, -0.2) is 30.2 Å². The summed E-state index contributed by atoms with van der Waals surface area (Å²) in [5, 5.41) is 3.83. The molecule has 2 aliphatic rings. The lowest BCUT2D eigenvalue weighted by Gasteiger charge is -2.20. The van der Waals surface area contributed by atoms with Gasteiger partial charge in [-0.2, -0.15) is 0 Å². The zero-order valence-corrected chi connectivity index (χ0v) is 13.4. The van der Waals surface area contributed by atoms with Gasteiger partial charge in [0.1, 0.15) is 12.4 Å². The van der Waals surface area contributed by atoms with Crippen LogP contribution >= 0.6 is 0 Å². The van der Waals surface area contributed by atoms with Crippen molar-refractivity contribution in [2.75, 3.05) is 6.61 Å². The van der Waals surface area contributed by atoms with E-state index < -0.39 is 12.1 Å². The summed E-state index contributed by atoms with van der Waals surface area (Å²) in [4.78, 5) is 29.2. The van der Waals surface area contributed by atoms with Crippen LogP contribution in [0.3, 0.4) is 0 Å². The molecule has 1 atom stereocenters. The lowest BCUT2D eigenvalue weighted by Crippen LogP contribution is -2.29. The fourth-order valence-electron chi connectivity index (χ4n) is 3.12. The van der Waals surface area contributed by atoms with Crippen molar-refractivity contribution in [1.82, 2.24) is 0 Å². The average molecular weight is 333 g/mol. The minimum atomic E-state index is -0.873. The number of rotatable bonds is 5. The van der Waals surface area contributed by atoms with Crippen LogP contribution in [0.1, 0.15) is 44.1 Å². The number of benzene rings is 1. The molecule has 0 N–H and O–H groups in total. The third kappa shape index (κ3) is 3.99. The highest BCUT2D eigenvalue weighted by Crippen LogP contribution is 2.24. The summed E-state index contributed by atoms with van der Waals surface area (Å²) < 4.78 is 18.3. The predicted molar refractivity (Wildman–Crippen MR) is 85.0 cm³/mol. The van der Waals surface area contributed by atoms with Crippen LogP contribution in [0.5, 0.6) is 0 Å². The summed E-state index contributed by atoms with van der Waals surface area (Å²) in [6.07, 6.45) is 4.37. The van der Waals surface area contributed by atoms with Gasteiger partial charge in [0, 0.05) is 17.9 Å². The highest BCUT2D eigenvalue weighted by molar-refractivity contribution is 6.03. The molecule has 6 heteroatoms. The van der Waals surface area contributed by atoms with E-state index in [0.29, 0.717) is 11.3 Å². The van der Waals surface area contributed by atoms with Crippen LogP contribution < -0.4 is 0 Å². The van der Waals surface area contributed by atoms with Crippen molar-refractivity contribution < 1.29 is 23.6 Å². The predicted octanol–water partition coefficient (Wildman–Crippen LogP) is 3.01. The Kier molecular flexibility index (Phi) is 5.23. The first-order chi connectivity index (χ1) is 11.6. The Labute approximate surface area is 139 Å². The number of esters is 1. The van der Waals surface area contributed by atoms with Gasteiger partial charge in [-0.3, -0.25) is 4.79 Å². The monoisotopic (exact) mass is 333 g/mol. The normalized spacial score (nSPS) is 21.0. The van der Waals surface area contributed by atoms with E-state index in [4.69, 9.17) is 9.57 Å². The number of carbonyl (C=O) groups excluding carboxylic acids is 2. The molecule has 0 radical (unpaired) electrons. The number of ether oxygens (including phenoxy) is 1. The maximum Gasteiger partial charge on any atom is 0.351 e. The van der Waals surface area contributed by atoms with E-state index in [1.54, 1.807) is 12.1 Å². The Morgan fingerprint density at radius 2 is 2.04 bits per heavy atom. The van der Waals surface area contributed by atoms with Crippen molar-refractivity contribution in [3.8, 4) is 0 Å². The van der Waals surface area contributed by atoms with Crippen molar-refractivity contribution in [3.63, 3.8) is 0 Å². The second kappa shape index (κ2) is 7.55. The van der Waals surface area contributed by atoms with Crippen LogP contribution in [0, 0.1) is 11.7 Å². The molecule has 0 spiro atoms. The Balaban J connectivity index is 1.48. The van der Waals surface area contributed by atoms with Gasteiger partial charge in [-0.25, -0.2) is 9.18 Å². The van der Waals surface area contributed by atoms with Crippen molar-refractivity contribution in [3.05, 3.63) is 35.6 Å². The van der Waals surface area contributed by atoms with Gasteiger partial charge in [-0.1, -0.05) is 36.6 Å². The maximum absolute atomic E-state index is 13.2. The first-order valence-corrected chi connectivity index (χ1v) is 8.31. The summed E-state index contributed by atoms with van der Waals surface area (Å²) in [5.41, 5.74) is 1.07. The van der Waals surface area contributed by atoms with Gasteiger partial charge in [-0.05, 0) is 25.0 Å².